The highest BCUT2D eigenvalue weighted by Gasteiger charge is 2.20. The minimum atomic E-state index is -0.503. The lowest BCUT2D eigenvalue weighted by atomic mass is 10.1. The van der Waals surface area contributed by atoms with Gasteiger partial charge in [0, 0.05) is 6.42 Å². The molecule has 0 aliphatic carbocycles. The van der Waals surface area contributed by atoms with E-state index in [0.717, 1.165) is 6.42 Å². The minimum Gasteiger partial charge on any atom is -0.339 e. The second-order valence-electron chi connectivity index (χ2n) is 3.09. The van der Waals surface area contributed by atoms with Crippen molar-refractivity contribution in [2.24, 2.45) is 5.73 Å². The van der Waals surface area contributed by atoms with Crippen molar-refractivity contribution < 1.29 is 4.52 Å². The first kappa shape index (κ1) is 11.4. The van der Waals surface area contributed by atoms with E-state index in [4.69, 9.17) is 10.3 Å². The van der Waals surface area contributed by atoms with Crippen LogP contribution in [0.3, 0.4) is 0 Å². The first-order chi connectivity index (χ1) is 5.04. The molecular formula is C7H14ClN3O. The molecule has 0 unspecified atom stereocenters. The molecule has 0 fully saturated rings. The molecule has 0 radical (unpaired) electrons. The Morgan fingerprint density at radius 1 is 1.50 bits per heavy atom. The van der Waals surface area contributed by atoms with Crippen LogP contribution in [0.2, 0.25) is 0 Å². The fraction of sp³-hybridized carbons (Fsp3) is 0.714. The third-order valence-electron chi connectivity index (χ3n) is 1.35. The van der Waals surface area contributed by atoms with Crippen LogP contribution < -0.4 is 5.73 Å². The summed E-state index contributed by atoms with van der Waals surface area (Å²) in [4.78, 5) is 4.10. The van der Waals surface area contributed by atoms with Crippen LogP contribution in [0.25, 0.3) is 0 Å². The standard InChI is InChI=1S/C7H13N3O.ClH/c1-4-5-9-6(10-11-5)7(2,3)8;/h4,8H2,1-3H3;1H. The van der Waals surface area contributed by atoms with E-state index >= 15 is 0 Å². The average molecular weight is 192 g/mol. The summed E-state index contributed by atoms with van der Waals surface area (Å²) in [6.07, 6.45) is 0.753. The molecular weight excluding hydrogens is 178 g/mol. The third kappa shape index (κ3) is 2.46. The van der Waals surface area contributed by atoms with Gasteiger partial charge in [-0.25, -0.2) is 0 Å². The number of hydrogen-bond donors (Lipinski definition) is 1. The van der Waals surface area contributed by atoms with Crippen molar-refractivity contribution in [3.05, 3.63) is 11.7 Å². The molecule has 4 nitrogen and oxygen atoms in total. The van der Waals surface area contributed by atoms with Gasteiger partial charge in [0.05, 0.1) is 5.54 Å². The van der Waals surface area contributed by atoms with Crippen molar-refractivity contribution in [3.8, 4) is 0 Å². The van der Waals surface area contributed by atoms with Gasteiger partial charge in [-0.05, 0) is 13.8 Å². The number of halogens is 1. The lowest BCUT2D eigenvalue weighted by Gasteiger charge is -2.11. The Balaban J connectivity index is 0.00000121. The van der Waals surface area contributed by atoms with Crippen molar-refractivity contribution in [1.82, 2.24) is 10.1 Å². The lowest BCUT2D eigenvalue weighted by Crippen LogP contribution is -2.30. The molecule has 12 heavy (non-hydrogen) atoms. The molecule has 0 aliphatic rings. The van der Waals surface area contributed by atoms with Crippen molar-refractivity contribution in [3.63, 3.8) is 0 Å². The van der Waals surface area contributed by atoms with E-state index in [0.29, 0.717) is 11.7 Å². The van der Waals surface area contributed by atoms with Gasteiger partial charge in [-0.1, -0.05) is 12.1 Å². The monoisotopic (exact) mass is 191 g/mol. The number of nitrogens with zero attached hydrogens (tertiary/aromatic N) is 2. The molecule has 1 aromatic rings. The Morgan fingerprint density at radius 3 is 2.33 bits per heavy atom. The fourth-order valence-corrected chi connectivity index (χ4v) is 0.660. The number of hydrogen-bond acceptors (Lipinski definition) is 4. The first-order valence-electron chi connectivity index (χ1n) is 3.66. The van der Waals surface area contributed by atoms with Crippen LogP contribution in [-0.4, -0.2) is 10.1 Å². The van der Waals surface area contributed by atoms with E-state index < -0.39 is 5.54 Å². The second kappa shape index (κ2) is 3.87. The smallest absolute Gasteiger partial charge is 0.226 e. The topological polar surface area (TPSA) is 64.9 Å². The van der Waals surface area contributed by atoms with Gasteiger partial charge in [0.2, 0.25) is 5.89 Å². The summed E-state index contributed by atoms with van der Waals surface area (Å²) >= 11 is 0. The van der Waals surface area contributed by atoms with Crippen LogP contribution in [-0.2, 0) is 12.0 Å². The highest BCUT2D eigenvalue weighted by molar-refractivity contribution is 5.85. The van der Waals surface area contributed by atoms with Gasteiger partial charge in [-0.3, -0.25) is 0 Å². The van der Waals surface area contributed by atoms with Crippen LogP contribution >= 0.6 is 12.4 Å². The fourth-order valence-electron chi connectivity index (χ4n) is 0.660. The van der Waals surface area contributed by atoms with Gasteiger partial charge < -0.3 is 10.3 Å². The number of nitrogens with two attached hydrogens (primary N) is 1. The van der Waals surface area contributed by atoms with Gasteiger partial charge in [-0.15, -0.1) is 12.4 Å². The largest absolute Gasteiger partial charge is 0.339 e. The summed E-state index contributed by atoms with van der Waals surface area (Å²) in [6.45, 7) is 5.65. The van der Waals surface area contributed by atoms with Crippen molar-refractivity contribution in [1.29, 1.82) is 0 Å². The molecule has 0 aliphatic heterocycles. The number of aromatic nitrogens is 2. The summed E-state index contributed by atoms with van der Waals surface area (Å²) in [5.41, 5.74) is 5.24. The SMILES string of the molecule is CCc1nc(C(C)(C)N)no1.Cl. The summed E-state index contributed by atoms with van der Waals surface area (Å²) in [5.74, 6) is 1.20. The van der Waals surface area contributed by atoms with Crippen molar-refractivity contribution in [2.75, 3.05) is 0 Å². The maximum atomic E-state index is 5.74. The molecule has 70 valence electrons. The maximum absolute atomic E-state index is 5.74. The number of rotatable bonds is 2. The predicted molar refractivity (Wildman–Crippen MR) is 48.1 cm³/mol. The predicted octanol–water partition coefficient (Wildman–Crippen LogP) is 1.25. The molecule has 1 aromatic heterocycles. The van der Waals surface area contributed by atoms with Crippen LogP contribution in [0.4, 0.5) is 0 Å². The zero-order chi connectivity index (χ0) is 8.48. The van der Waals surface area contributed by atoms with E-state index in [9.17, 15) is 0 Å². The Hall–Kier alpha value is -0.610. The molecule has 1 rings (SSSR count). The third-order valence-corrected chi connectivity index (χ3v) is 1.35. The molecule has 5 heteroatoms. The van der Waals surface area contributed by atoms with E-state index in [1.807, 2.05) is 20.8 Å². The summed E-state index contributed by atoms with van der Waals surface area (Å²) in [7, 11) is 0. The van der Waals surface area contributed by atoms with Gasteiger partial charge in [-0.2, -0.15) is 4.98 Å². The first-order valence-corrected chi connectivity index (χ1v) is 3.66. The van der Waals surface area contributed by atoms with Crippen LogP contribution in [0.5, 0.6) is 0 Å². The Kier molecular flexibility index (Phi) is 3.67. The van der Waals surface area contributed by atoms with Gasteiger partial charge in [0.15, 0.2) is 5.82 Å². The van der Waals surface area contributed by atoms with Crippen molar-refractivity contribution >= 4 is 12.4 Å². The van der Waals surface area contributed by atoms with Gasteiger partial charge >= 0.3 is 0 Å². The molecule has 0 spiro atoms. The van der Waals surface area contributed by atoms with Crippen LogP contribution in [0.15, 0.2) is 4.52 Å². The highest BCUT2D eigenvalue weighted by atomic mass is 35.5. The number of aryl methyl sites for hydroxylation is 1. The van der Waals surface area contributed by atoms with Crippen LogP contribution in [0.1, 0.15) is 32.5 Å². The molecule has 1 heterocycles. The van der Waals surface area contributed by atoms with E-state index in [2.05, 4.69) is 10.1 Å². The van der Waals surface area contributed by atoms with E-state index in [1.54, 1.807) is 0 Å². The zero-order valence-electron chi connectivity index (χ0n) is 7.50. The highest BCUT2D eigenvalue weighted by Crippen LogP contribution is 2.12. The summed E-state index contributed by atoms with van der Waals surface area (Å²) < 4.78 is 4.90. The average Bonchev–Trinajstić information content (AvgIpc) is 2.32. The normalized spacial score (nSPS) is 11.0. The van der Waals surface area contributed by atoms with E-state index in [-0.39, 0.29) is 12.4 Å². The Labute approximate surface area is 77.9 Å². The maximum Gasteiger partial charge on any atom is 0.226 e. The Morgan fingerprint density at radius 2 is 2.08 bits per heavy atom. The molecule has 0 amide bonds. The quantitative estimate of drug-likeness (QED) is 0.764. The van der Waals surface area contributed by atoms with E-state index in [1.165, 1.54) is 0 Å². The molecule has 0 bridgehead atoms. The van der Waals surface area contributed by atoms with Crippen LogP contribution in [0, 0.1) is 0 Å². The van der Waals surface area contributed by atoms with Crippen molar-refractivity contribution in [2.45, 2.75) is 32.7 Å². The molecule has 0 saturated carbocycles. The zero-order valence-corrected chi connectivity index (χ0v) is 8.31. The van der Waals surface area contributed by atoms with Gasteiger partial charge in [0.25, 0.3) is 0 Å². The van der Waals surface area contributed by atoms with Gasteiger partial charge in [0.1, 0.15) is 0 Å². The summed E-state index contributed by atoms with van der Waals surface area (Å²) in [6, 6.07) is 0. The second-order valence-corrected chi connectivity index (χ2v) is 3.09. The minimum absolute atomic E-state index is 0. The Bertz CT molecular complexity index is 241. The lowest BCUT2D eigenvalue weighted by molar-refractivity contribution is 0.363. The molecule has 0 aromatic carbocycles. The summed E-state index contributed by atoms with van der Waals surface area (Å²) in [5, 5.41) is 3.75. The molecule has 0 atom stereocenters. The molecule has 0 saturated heterocycles. The molecule has 2 N–H and O–H groups in total.